The molecular formula is C33H41ClN2O4S. The van der Waals surface area contributed by atoms with Crippen molar-refractivity contribution in [2.24, 2.45) is 11.8 Å². The number of aryl methyl sites for hydroxylation is 1. The van der Waals surface area contributed by atoms with Crippen molar-refractivity contribution < 1.29 is 18.8 Å². The third kappa shape index (κ3) is 5.41. The number of amides is 1. The molecule has 2 aromatic rings. The highest BCUT2D eigenvalue weighted by molar-refractivity contribution is 7.99. The normalized spacial score (nSPS) is 36.1. The van der Waals surface area contributed by atoms with Crippen molar-refractivity contribution in [3.63, 3.8) is 0 Å². The van der Waals surface area contributed by atoms with E-state index in [-0.39, 0.29) is 22.5 Å². The maximum atomic E-state index is 13.4. The first-order valence-electron chi connectivity index (χ1n) is 14.9. The van der Waals surface area contributed by atoms with Crippen LogP contribution in [0.2, 0.25) is 5.02 Å². The van der Waals surface area contributed by atoms with Gasteiger partial charge in [-0.15, -0.1) is 0 Å². The minimum absolute atomic E-state index is 0.133. The molecule has 0 saturated heterocycles. The second-order valence-electron chi connectivity index (χ2n) is 12.9. The molecule has 1 amide bonds. The highest BCUT2D eigenvalue weighted by Crippen LogP contribution is 2.48. The van der Waals surface area contributed by atoms with Gasteiger partial charge in [0.25, 0.3) is 5.91 Å². The van der Waals surface area contributed by atoms with Crippen LogP contribution < -0.4 is 14.4 Å². The van der Waals surface area contributed by atoms with Crippen LogP contribution in [0.25, 0.3) is 0 Å². The van der Waals surface area contributed by atoms with Gasteiger partial charge in [0.05, 0.1) is 27.6 Å². The number of benzene rings is 2. The van der Waals surface area contributed by atoms with Crippen LogP contribution in [-0.4, -0.2) is 51.6 Å². The second kappa shape index (κ2) is 10.7. The number of hydrogen-bond acceptors (Lipinski definition) is 5. The summed E-state index contributed by atoms with van der Waals surface area (Å²) in [6.45, 7) is 5.80. The van der Waals surface area contributed by atoms with E-state index < -0.39 is 15.3 Å². The van der Waals surface area contributed by atoms with Crippen LogP contribution in [0.4, 0.5) is 5.69 Å². The molecule has 6 rings (SSSR count). The lowest BCUT2D eigenvalue weighted by molar-refractivity contribution is -0.0314. The van der Waals surface area contributed by atoms with Gasteiger partial charge in [-0.1, -0.05) is 29.8 Å². The highest BCUT2D eigenvalue weighted by Gasteiger charge is 2.46. The summed E-state index contributed by atoms with van der Waals surface area (Å²) in [6.07, 6.45) is 10.2. The van der Waals surface area contributed by atoms with E-state index in [0.29, 0.717) is 30.9 Å². The first kappa shape index (κ1) is 28.6. The number of ether oxygens (including phenoxy) is 1. The van der Waals surface area contributed by atoms with Gasteiger partial charge in [0.2, 0.25) is 0 Å². The van der Waals surface area contributed by atoms with Gasteiger partial charge in [-0.25, -0.2) is 4.21 Å². The van der Waals surface area contributed by atoms with Crippen molar-refractivity contribution in [1.29, 1.82) is 0 Å². The Labute approximate surface area is 249 Å². The van der Waals surface area contributed by atoms with Gasteiger partial charge in [-0.05, 0) is 118 Å². The number of allylic oxidation sites excluding steroid dienone is 1. The Hall–Kier alpha value is -2.48. The zero-order valence-corrected chi connectivity index (χ0v) is 25.6. The van der Waals surface area contributed by atoms with E-state index >= 15 is 0 Å². The van der Waals surface area contributed by atoms with Gasteiger partial charge in [-0.3, -0.25) is 9.52 Å². The molecule has 1 unspecified atom stereocenters. The van der Waals surface area contributed by atoms with E-state index in [2.05, 4.69) is 27.6 Å². The second-order valence-corrected chi connectivity index (χ2v) is 15.8. The molecule has 2 bridgehead atoms. The number of carbonyl (C=O) groups excluding carboxylic acids is 1. The SMILES string of the molecule is C=S1(=O)NC(=O)c2ccc3c(c2)N(C[C@@H]2CC[C@H]2[C@@](C)(O)/C=C/CC[C@@H]1C)C[C@@]1(CCCc2cc(Cl)ccc21)CO3. The lowest BCUT2D eigenvalue weighted by Gasteiger charge is -2.48. The van der Waals surface area contributed by atoms with Crippen LogP contribution in [0.3, 0.4) is 0 Å². The number of anilines is 1. The zero-order chi connectivity index (χ0) is 29.0. The van der Waals surface area contributed by atoms with Crippen molar-refractivity contribution >= 4 is 38.8 Å². The van der Waals surface area contributed by atoms with Crippen LogP contribution in [0.5, 0.6) is 5.75 Å². The maximum absolute atomic E-state index is 13.4. The van der Waals surface area contributed by atoms with E-state index in [1.54, 1.807) is 6.07 Å². The Kier molecular flexibility index (Phi) is 7.44. The summed E-state index contributed by atoms with van der Waals surface area (Å²) < 4.78 is 22.7. The Morgan fingerprint density at radius 3 is 2.80 bits per heavy atom. The van der Waals surface area contributed by atoms with E-state index in [9.17, 15) is 14.1 Å². The van der Waals surface area contributed by atoms with E-state index in [1.165, 1.54) is 11.1 Å². The fraction of sp³-hybridized carbons (Fsp3) is 0.515. The third-order valence-corrected chi connectivity index (χ3v) is 12.3. The first-order valence-corrected chi connectivity index (χ1v) is 17.0. The lowest BCUT2D eigenvalue weighted by atomic mass is 9.64. The Morgan fingerprint density at radius 1 is 1.20 bits per heavy atom. The molecule has 1 fully saturated rings. The van der Waals surface area contributed by atoms with Crippen molar-refractivity contribution in [2.75, 3.05) is 24.6 Å². The third-order valence-electron chi connectivity index (χ3n) is 10.0. The monoisotopic (exact) mass is 596 g/mol. The number of halogens is 1. The van der Waals surface area contributed by atoms with E-state index in [4.69, 9.17) is 16.3 Å². The summed E-state index contributed by atoms with van der Waals surface area (Å²) in [5.74, 6) is 4.69. The highest BCUT2D eigenvalue weighted by atomic mass is 35.5. The van der Waals surface area contributed by atoms with Gasteiger partial charge in [0.1, 0.15) is 5.75 Å². The smallest absolute Gasteiger partial charge is 0.262 e. The maximum Gasteiger partial charge on any atom is 0.262 e. The van der Waals surface area contributed by atoms with Crippen molar-refractivity contribution in [1.82, 2.24) is 4.72 Å². The number of aliphatic hydroxyl groups is 1. The predicted octanol–water partition coefficient (Wildman–Crippen LogP) is 5.69. The quantitative estimate of drug-likeness (QED) is 0.302. The summed E-state index contributed by atoms with van der Waals surface area (Å²) in [7, 11) is -2.88. The molecule has 2 aliphatic carbocycles. The number of nitrogens with one attached hydrogen (secondary N) is 1. The fourth-order valence-electron chi connectivity index (χ4n) is 7.38. The molecule has 6 atom stereocenters. The van der Waals surface area contributed by atoms with Gasteiger partial charge in [0, 0.05) is 34.3 Å². The van der Waals surface area contributed by atoms with Crippen molar-refractivity contribution in [2.45, 2.75) is 75.1 Å². The molecule has 4 aliphatic rings. The van der Waals surface area contributed by atoms with Gasteiger partial charge in [0.15, 0.2) is 0 Å². The number of rotatable bonds is 0. The molecule has 0 aromatic heterocycles. The van der Waals surface area contributed by atoms with E-state index in [0.717, 1.165) is 61.7 Å². The Morgan fingerprint density at radius 2 is 2.02 bits per heavy atom. The molecule has 6 nitrogen and oxygen atoms in total. The summed E-state index contributed by atoms with van der Waals surface area (Å²) in [4.78, 5) is 15.8. The summed E-state index contributed by atoms with van der Waals surface area (Å²) >= 11 is 6.40. The van der Waals surface area contributed by atoms with Gasteiger partial charge >= 0.3 is 0 Å². The first-order chi connectivity index (χ1) is 19.5. The minimum atomic E-state index is -2.88. The molecule has 1 saturated carbocycles. The minimum Gasteiger partial charge on any atom is -0.490 e. The van der Waals surface area contributed by atoms with Crippen LogP contribution in [0.15, 0.2) is 48.6 Å². The molecule has 220 valence electrons. The molecule has 2 aliphatic heterocycles. The Balaban J connectivity index is 1.44. The molecule has 8 heteroatoms. The van der Waals surface area contributed by atoms with Crippen LogP contribution >= 0.6 is 11.6 Å². The Bertz CT molecular complexity index is 1490. The van der Waals surface area contributed by atoms with Crippen LogP contribution in [0.1, 0.15) is 73.9 Å². The van der Waals surface area contributed by atoms with Crippen molar-refractivity contribution in [3.05, 3.63) is 70.3 Å². The molecule has 2 heterocycles. The standard InChI is InChI=1S/C33H41ClN2O4S/c1-22-7-4-5-15-32(2,38)27-12-9-25(27)19-36-20-33(16-6-8-23-17-26(34)11-13-28(23)33)21-40-30-14-10-24(18-29(30)36)31(37)35-41(22,3)39/h5,10-11,13-15,17-18,22,25,27,38H,3-4,6-9,12,16,19-21H2,1-2H3,(H,35,37,39)/b15-5+/t22-,25-,27+,32-,33-,41?/m0/s1. The molecule has 2 aromatic carbocycles. The summed E-state index contributed by atoms with van der Waals surface area (Å²) in [5, 5.41) is 12.0. The number of carbonyl (C=O) groups is 1. The average molecular weight is 597 g/mol. The topological polar surface area (TPSA) is 78.9 Å². The summed E-state index contributed by atoms with van der Waals surface area (Å²) in [6, 6.07) is 11.7. The fourth-order valence-corrected chi connectivity index (χ4v) is 8.72. The predicted molar refractivity (Wildman–Crippen MR) is 168 cm³/mol. The van der Waals surface area contributed by atoms with Gasteiger partial charge < -0.3 is 14.7 Å². The van der Waals surface area contributed by atoms with Gasteiger partial charge in [-0.2, -0.15) is 0 Å². The molecule has 41 heavy (non-hydrogen) atoms. The lowest BCUT2D eigenvalue weighted by Crippen LogP contribution is -2.51. The molecular weight excluding hydrogens is 556 g/mol. The molecule has 0 radical (unpaired) electrons. The number of hydrogen-bond donors (Lipinski definition) is 2. The summed E-state index contributed by atoms with van der Waals surface area (Å²) in [5.41, 5.74) is 2.73. The van der Waals surface area contributed by atoms with Crippen molar-refractivity contribution in [3.8, 4) is 5.75 Å². The average Bonchev–Trinajstić information content (AvgIpc) is 3.05. The molecule has 1 spiro atoms. The molecule has 2 N–H and O–H groups in total. The number of nitrogens with zero attached hydrogens (tertiary/aromatic N) is 1. The zero-order valence-electron chi connectivity index (χ0n) is 24.0. The van der Waals surface area contributed by atoms with Crippen LogP contribution in [-0.2, 0) is 21.5 Å². The van der Waals surface area contributed by atoms with Crippen LogP contribution in [0, 0.1) is 11.8 Å². The van der Waals surface area contributed by atoms with E-state index in [1.807, 2.05) is 44.2 Å². The number of fused-ring (bicyclic) bond motifs is 4. The largest absolute Gasteiger partial charge is 0.490 e.